The second-order valence-electron chi connectivity index (χ2n) is 7.56. The SMILES string of the molecule is COCCOCc1cnc(C)nc1C1CCN(C(=O)Cc2cccc(OC)c2)CC1. The van der Waals surface area contributed by atoms with Crippen molar-refractivity contribution in [3.63, 3.8) is 0 Å². The molecule has 1 aromatic heterocycles. The molecule has 1 amide bonds. The Morgan fingerprint density at radius 1 is 1.20 bits per heavy atom. The number of benzene rings is 1. The Hall–Kier alpha value is -2.51. The maximum absolute atomic E-state index is 12.8. The van der Waals surface area contributed by atoms with Gasteiger partial charge in [0.15, 0.2) is 0 Å². The van der Waals surface area contributed by atoms with Gasteiger partial charge in [0.2, 0.25) is 5.91 Å². The number of piperidine rings is 1. The fraction of sp³-hybridized carbons (Fsp3) is 0.522. The van der Waals surface area contributed by atoms with E-state index >= 15 is 0 Å². The maximum atomic E-state index is 12.8. The van der Waals surface area contributed by atoms with Gasteiger partial charge in [-0.1, -0.05) is 12.1 Å². The topological polar surface area (TPSA) is 73.8 Å². The van der Waals surface area contributed by atoms with Crippen LogP contribution in [0.4, 0.5) is 0 Å². The van der Waals surface area contributed by atoms with Crippen LogP contribution in [0.5, 0.6) is 5.75 Å². The molecule has 0 spiro atoms. The molecule has 0 radical (unpaired) electrons. The van der Waals surface area contributed by atoms with E-state index in [4.69, 9.17) is 19.2 Å². The number of likely N-dealkylation sites (tertiary alicyclic amines) is 1. The smallest absolute Gasteiger partial charge is 0.226 e. The minimum absolute atomic E-state index is 0.156. The summed E-state index contributed by atoms with van der Waals surface area (Å²) in [4.78, 5) is 23.8. The number of aryl methyl sites for hydroxylation is 1. The quantitative estimate of drug-likeness (QED) is 0.589. The van der Waals surface area contributed by atoms with E-state index in [1.165, 1.54) is 0 Å². The van der Waals surface area contributed by atoms with Crippen molar-refractivity contribution in [1.29, 1.82) is 0 Å². The summed E-state index contributed by atoms with van der Waals surface area (Å²) in [6, 6.07) is 7.69. The first-order valence-electron chi connectivity index (χ1n) is 10.4. The molecule has 0 atom stereocenters. The van der Waals surface area contributed by atoms with E-state index in [1.807, 2.05) is 42.3 Å². The Labute approximate surface area is 178 Å². The second-order valence-corrected chi connectivity index (χ2v) is 7.56. The van der Waals surface area contributed by atoms with Crippen molar-refractivity contribution >= 4 is 5.91 Å². The predicted octanol–water partition coefficient (Wildman–Crippen LogP) is 2.91. The van der Waals surface area contributed by atoms with Gasteiger partial charge in [0.25, 0.3) is 0 Å². The lowest BCUT2D eigenvalue weighted by atomic mass is 9.90. The molecule has 1 fully saturated rings. The molecule has 2 heterocycles. The van der Waals surface area contributed by atoms with Gasteiger partial charge in [0.05, 0.1) is 39.0 Å². The summed E-state index contributed by atoms with van der Waals surface area (Å²) in [6.07, 6.45) is 4.05. The van der Waals surface area contributed by atoms with Crippen LogP contribution in [0.3, 0.4) is 0 Å². The van der Waals surface area contributed by atoms with E-state index in [0.29, 0.717) is 32.2 Å². The van der Waals surface area contributed by atoms with Gasteiger partial charge in [-0.3, -0.25) is 4.79 Å². The van der Waals surface area contributed by atoms with Gasteiger partial charge in [0, 0.05) is 37.9 Å². The molecule has 0 N–H and O–H groups in total. The monoisotopic (exact) mass is 413 g/mol. The third-order valence-corrected chi connectivity index (χ3v) is 5.43. The number of methoxy groups -OCH3 is 2. The Morgan fingerprint density at radius 2 is 2.00 bits per heavy atom. The number of hydrogen-bond donors (Lipinski definition) is 0. The average Bonchev–Trinajstić information content (AvgIpc) is 2.77. The molecule has 30 heavy (non-hydrogen) atoms. The van der Waals surface area contributed by atoms with Gasteiger partial charge < -0.3 is 19.1 Å². The van der Waals surface area contributed by atoms with E-state index < -0.39 is 0 Å². The molecule has 1 aromatic carbocycles. The zero-order chi connectivity index (χ0) is 21.3. The molecule has 0 saturated carbocycles. The van der Waals surface area contributed by atoms with Crippen LogP contribution in [0.2, 0.25) is 0 Å². The normalized spacial score (nSPS) is 14.7. The van der Waals surface area contributed by atoms with Crippen LogP contribution in [0.25, 0.3) is 0 Å². The van der Waals surface area contributed by atoms with Crippen LogP contribution >= 0.6 is 0 Å². The van der Waals surface area contributed by atoms with Crippen molar-refractivity contribution in [1.82, 2.24) is 14.9 Å². The molecule has 7 nitrogen and oxygen atoms in total. The number of ether oxygens (including phenoxy) is 3. The molecule has 1 aliphatic rings. The van der Waals surface area contributed by atoms with Crippen LogP contribution in [0.15, 0.2) is 30.5 Å². The lowest BCUT2D eigenvalue weighted by Crippen LogP contribution is -2.39. The lowest BCUT2D eigenvalue weighted by Gasteiger charge is -2.32. The van der Waals surface area contributed by atoms with E-state index in [-0.39, 0.29) is 5.91 Å². The zero-order valence-corrected chi connectivity index (χ0v) is 18.1. The molecule has 0 unspecified atom stereocenters. The van der Waals surface area contributed by atoms with E-state index in [2.05, 4.69) is 4.98 Å². The first-order chi connectivity index (χ1) is 14.6. The number of rotatable bonds is 9. The summed E-state index contributed by atoms with van der Waals surface area (Å²) in [5.41, 5.74) is 3.06. The molecule has 3 rings (SSSR count). The molecule has 2 aromatic rings. The summed E-state index contributed by atoms with van der Waals surface area (Å²) in [5, 5.41) is 0. The molecule has 0 bridgehead atoms. The van der Waals surface area contributed by atoms with Crippen LogP contribution in [0, 0.1) is 6.92 Å². The number of amides is 1. The standard InChI is InChI=1S/C23H31N3O4/c1-17-24-15-20(16-30-12-11-28-2)23(25-17)19-7-9-26(10-8-19)22(27)14-18-5-4-6-21(13-18)29-3/h4-6,13,15,19H,7-12,14,16H2,1-3H3. The fourth-order valence-electron chi connectivity index (χ4n) is 3.77. The third-order valence-electron chi connectivity index (χ3n) is 5.43. The van der Waals surface area contributed by atoms with Crippen molar-refractivity contribution < 1.29 is 19.0 Å². The Morgan fingerprint density at radius 3 is 2.73 bits per heavy atom. The first kappa shape index (κ1) is 22.2. The number of aromatic nitrogens is 2. The average molecular weight is 414 g/mol. The summed E-state index contributed by atoms with van der Waals surface area (Å²) >= 11 is 0. The maximum Gasteiger partial charge on any atom is 0.226 e. The van der Waals surface area contributed by atoms with Crippen LogP contribution in [-0.2, 0) is 27.3 Å². The summed E-state index contributed by atoms with van der Waals surface area (Å²) < 4.78 is 16.0. The van der Waals surface area contributed by atoms with E-state index in [1.54, 1.807) is 14.2 Å². The van der Waals surface area contributed by atoms with Gasteiger partial charge in [-0.05, 0) is 37.5 Å². The second kappa shape index (κ2) is 11.0. The number of nitrogens with zero attached hydrogens (tertiary/aromatic N) is 3. The van der Waals surface area contributed by atoms with E-state index in [0.717, 1.165) is 54.3 Å². The minimum Gasteiger partial charge on any atom is -0.497 e. The number of carbonyl (C=O) groups excluding carboxylic acids is 1. The van der Waals surface area contributed by atoms with Crippen LogP contribution in [0.1, 0.15) is 41.4 Å². The highest BCUT2D eigenvalue weighted by Gasteiger charge is 2.26. The summed E-state index contributed by atoms with van der Waals surface area (Å²) in [7, 11) is 3.30. The largest absolute Gasteiger partial charge is 0.497 e. The van der Waals surface area contributed by atoms with Crippen molar-refractivity contribution in [3.05, 3.63) is 53.1 Å². The van der Waals surface area contributed by atoms with Gasteiger partial charge in [-0.25, -0.2) is 9.97 Å². The van der Waals surface area contributed by atoms with Crippen molar-refractivity contribution in [2.75, 3.05) is 40.5 Å². The highest BCUT2D eigenvalue weighted by atomic mass is 16.5. The molecular weight excluding hydrogens is 382 g/mol. The van der Waals surface area contributed by atoms with Crippen LogP contribution < -0.4 is 4.74 Å². The highest BCUT2D eigenvalue weighted by Crippen LogP contribution is 2.29. The lowest BCUT2D eigenvalue weighted by molar-refractivity contribution is -0.131. The molecule has 1 aliphatic heterocycles. The van der Waals surface area contributed by atoms with Gasteiger partial charge >= 0.3 is 0 Å². The third kappa shape index (κ3) is 6.00. The molecule has 7 heteroatoms. The molecule has 0 aliphatic carbocycles. The van der Waals surface area contributed by atoms with Crippen molar-refractivity contribution in [3.8, 4) is 5.75 Å². The Balaban J connectivity index is 1.58. The van der Waals surface area contributed by atoms with Gasteiger partial charge in [-0.2, -0.15) is 0 Å². The number of hydrogen-bond acceptors (Lipinski definition) is 6. The Bertz CT molecular complexity index is 835. The fourth-order valence-corrected chi connectivity index (χ4v) is 3.77. The number of carbonyl (C=O) groups is 1. The highest BCUT2D eigenvalue weighted by molar-refractivity contribution is 5.79. The van der Waals surface area contributed by atoms with Gasteiger partial charge in [0.1, 0.15) is 11.6 Å². The molecule has 162 valence electrons. The van der Waals surface area contributed by atoms with Crippen LogP contribution in [-0.4, -0.2) is 61.3 Å². The Kier molecular flexibility index (Phi) is 8.16. The molecular formula is C23H31N3O4. The zero-order valence-electron chi connectivity index (χ0n) is 18.1. The van der Waals surface area contributed by atoms with Crippen molar-refractivity contribution in [2.45, 2.75) is 38.7 Å². The summed E-state index contributed by atoms with van der Waals surface area (Å²) in [5.74, 6) is 2.01. The summed E-state index contributed by atoms with van der Waals surface area (Å²) in [6.45, 7) is 4.97. The van der Waals surface area contributed by atoms with E-state index in [9.17, 15) is 4.79 Å². The molecule has 1 saturated heterocycles. The predicted molar refractivity (Wildman–Crippen MR) is 114 cm³/mol. The first-order valence-corrected chi connectivity index (χ1v) is 10.4. The van der Waals surface area contributed by atoms with Gasteiger partial charge in [-0.15, -0.1) is 0 Å². The van der Waals surface area contributed by atoms with Crippen molar-refractivity contribution in [2.24, 2.45) is 0 Å². The minimum atomic E-state index is 0.156.